The van der Waals surface area contributed by atoms with E-state index in [2.05, 4.69) is 37.2 Å². The van der Waals surface area contributed by atoms with Crippen LogP contribution in [0.4, 0.5) is 0 Å². The topological polar surface area (TPSA) is 72.5 Å². The van der Waals surface area contributed by atoms with Crippen molar-refractivity contribution in [2.24, 2.45) is 5.92 Å². The van der Waals surface area contributed by atoms with Gasteiger partial charge in [0.25, 0.3) is 5.91 Å². The van der Waals surface area contributed by atoms with Gasteiger partial charge >= 0.3 is 18.9 Å². The van der Waals surface area contributed by atoms with Gasteiger partial charge in [-0.15, -0.1) is 0 Å². The summed E-state index contributed by atoms with van der Waals surface area (Å²) in [5.41, 5.74) is 4.56. The zero-order chi connectivity index (χ0) is 27.0. The second-order valence-corrected chi connectivity index (χ2v) is 12.2. The minimum absolute atomic E-state index is 0. The van der Waals surface area contributed by atoms with Gasteiger partial charge in [-0.25, -0.2) is 0 Å². The Morgan fingerprint density at radius 1 is 1.11 bits per heavy atom. The van der Waals surface area contributed by atoms with Gasteiger partial charge in [0.05, 0.1) is 12.0 Å². The van der Waals surface area contributed by atoms with Crippen molar-refractivity contribution in [2.75, 3.05) is 19.1 Å². The molecule has 0 aromatic heterocycles. The average Bonchev–Trinajstić information content (AvgIpc) is 2.86. The van der Waals surface area contributed by atoms with Gasteiger partial charge in [0.1, 0.15) is 0 Å². The quantitative estimate of drug-likeness (QED) is 0.427. The third-order valence-electron chi connectivity index (χ3n) is 7.93. The van der Waals surface area contributed by atoms with E-state index in [-0.39, 0.29) is 30.3 Å². The molecule has 3 rings (SSSR count). The van der Waals surface area contributed by atoms with Crippen LogP contribution in [0.25, 0.3) is 11.1 Å². The fourth-order valence-corrected chi connectivity index (χ4v) is 5.92. The van der Waals surface area contributed by atoms with Crippen LogP contribution in [0.2, 0.25) is 0 Å². The first-order chi connectivity index (χ1) is 17.6. The summed E-state index contributed by atoms with van der Waals surface area (Å²) < 4.78 is 0. The van der Waals surface area contributed by atoms with E-state index in [4.69, 9.17) is 0 Å². The molecule has 1 N–H and O–H groups in total. The summed E-state index contributed by atoms with van der Waals surface area (Å²) in [6.45, 7) is 7.47. The number of aliphatic carboxylic acids is 1. The first-order valence-corrected chi connectivity index (χ1v) is 14.9. The number of aryl methyl sites for hydroxylation is 1. The largest absolute Gasteiger partial charge is 1.00 e. The standard InChI is InChI=1S/C31H44N2O3S.Li/c1-22-11-9-10-14-25(22)27-19-24(21-33(4)31(2,3)20-23-12-7-6-8-13-23)15-16-26(27)29(34)32-28(30(35)36)17-18-37-5;/h9-11,14-16,19,23,28H,6-8,12-13,17-18,20-21H2,1-5H3,(H,32,34)(H,35,36);/q;+1/p-1/t28-;/m0./s1. The van der Waals surface area contributed by atoms with Crippen LogP contribution < -0.4 is 29.3 Å². The van der Waals surface area contributed by atoms with Gasteiger partial charge < -0.3 is 15.2 Å². The number of carboxylic acid groups (broad SMARTS) is 1. The van der Waals surface area contributed by atoms with Crippen LogP contribution in [0.1, 0.15) is 80.3 Å². The second-order valence-electron chi connectivity index (χ2n) is 11.2. The average molecular weight is 531 g/mol. The molecule has 0 heterocycles. The number of thioether (sulfide) groups is 1. The number of hydrogen-bond acceptors (Lipinski definition) is 5. The van der Waals surface area contributed by atoms with Crippen molar-refractivity contribution in [3.8, 4) is 11.1 Å². The molecule has 0 unspecified atom stereocenters. The summed E-state index contributed by atoms with van der Waals surface area (Å²) in [7, 11) is 2.19. The molecule has 1 fully saturated rings. The number of rotatable bonds is 12. The van der Waals surface area contributed by atoms with Gasteiger partial charge in [-0.3, -0.25) is 9.69 Å². The normalized spacial score (nSPS) is 15.1. The Labute approximate surface area is 245 Å². The molecule has 7 heteroatoms. The minimum Gasteiger partial charge on any atom is -0.548 e. The van der Waals surface area contributed by atoms with E-state index in [0.29, 0.717) is 17.7 Å². The summed E-state index contributed by atoms with van der Waals surface area (Å²) in [5, 5.41) is 14.4. The third-order valence-corrected chi connectivity index (χ3v) is 8.57. The molecule has 5 nitrogen and oxygen atoms in total. The van der Waals surface area contributed by atoms with Crippen molar-refractivity contribution in [1.29, 1.82) is 0 Å². The number of benzene rings is 2. The Bertz CT molecular complexity index is 1070. The predicted octanol–water partition coefficient (Wildman–Crippen LogP) is 2.45. The molecule has 0 saturated heterocycles. The van der Waals surface area contributed by atoms with Crippen molar-refractivity contribution in [2.45, 2.75) is 83.8 Å². The Morgan fingerprint density at radius 3 is 2.42 bits per heavy atom. The smallest absolute Gasteiger partial charge is 0.548 e. The summed E-state index contributed by atoms with van der Waals surface area (Å²) in [4.78, 5) is 27.4. The van der Waals surface area contributed by atoms with E-state index in [1.807, 2.05) is 49.6 Å². The van der Waals surface area contributed by atoms with Crippen LogP contribution in [0.5, 0.6) is 0 Å². The first kappa shape index (κ1) is 32.5. The molecule has 1 aliphatic rings. The van der Waals surface area contributed by atoms with Gasteiger partial charge in [0, 0.05) is 17.6 Å². The van der Waals surface area contributed by atoms with Gasteiger partial charge in [0.15, 0.2) is 0 Å². The van der Waals surface area contributed by atoms with E-state index in [1.165, 1.54) is 38.5 Å². The number of hydrogen-bond donors (Lipinski definition) is 1. The number of nitrogens with zero attached hydrogens (tertiary/aromatic N) is 1. The third kappa shape index (κ3) is 8.91. The maximum atomic E-state index is 13.3. The Balaban J connectivity index is 0.00000507. The van der Waals surface area contributed by atoms with E-state index < -0.39 is 12.0 Å². The number of carboxylic acids is 1. The van der Waals surface area contributed by atoms with Crippen LogP contribution in [0.3, 0.4) is 0 Å². The number of carbonyl (C=O) groups is 2. The van der Waals surface area contributed by atoms with Crippen molar-refractivity contribution in [3.05, 3.63) is 59.2 Å². The van der Waals surface area contributed by atoms with Crippen molar-refractivity contribution in [1.82, 2.24) is 10.2 Å². The molecule has 0 aliphatic heterocycles. The molecule has 2 aromatic rings. The van der Waals surface area contributed by atoms with E-state index in [1.54, 1.807) is 11.8 Å². The molecule has 1 amide bonds. The Hall–Kier alpha value is -1.71. The van der Waals surface area contributed by atoms with E-state index in [0.717, 1.165) is 34.7 Å². The van der Waals surface area contributed by atoms with Crippen molar-refractivity contribution >= 4 is 23.6 Å². The fraction of sp³-hybridized carbons (Fsp3) is 0.548. The summed E-state index contributed by atoms with van der Waals surface area (Å²) in [6, 6.07) is 12.9. The molecule has 202 valence electrons. The zero-order valence-electron chi connectivity index (χ0n) is 24.1. The molecule has 0 spiro atoms. The van der Waals surface area contributed by atoms with Crippen molar-refractivity contribution in [3.63, 3.8) is 0 Å². The minimum atomic E-state index is -1.25. The molecule has 1 saturated carbocycles. The predicted molar refractivity (Wildman–Crippen MR) is 153 cm³/mol. The Kier molecular flexibility index (Phi) is 13.0. The van der Waals surface area contributed by atoms with Crippen LogP contribution >= 0.6 is 11.8 Å². The fourth-order valence-electron chi connectivity index (χ4n) is 5.45. The summed E-state index contributed by atoms with van der Waals surface area (Å²) in [6.07, 6.45) is 10.2. The molecular formula is C31H43LiN2O3S. The van der Waals surface area contributed by atoms with Crippen LogP contribution in [-0.2, 0) is 11.3 Å². The zero-order valence-corrected chi connectivity index (χ0v) is 25.0. The number of carbonyl (C=O) groups excluding carboxylic acids is 2. The molecule has 1 aliphatic carbocycles. The van der Waals surface area contributed by atoms with Crippen molar-refractivity contribution < 1.29 is 33.6 Å². The van der Waals surface area contributed by atoms with Crippen LogP contribution in [0.15, 0.2) is 42.5 Å². The molecule has 0 radical (unpaired) electrons. The first-order valence-electron chi connectivity index (χ1n) is 13.5. The number of amides is 1. The maximum absolute atomic E-state index is 13.3. The van der Waals surface area contributed by atoms with E-state index in [9.17, 15) is 14.7 Å². The van der Waals surface area contributed by atoms with Crippen LogP contribution in [-0.4, -0.2) is 47.4 Å². The van der Waals surface area contributed by atoms with Gasteiger partial charge in [-0.05, 0) is 93.0 Å². The van der Waals surface area contributed by atoms with E-state index >= 15 is 0 Å². The van der Waals surface area contributed by atoms with Gasteiger partial charge in [-0.1, -0.05) is 62.4 Å². The maximum Gasteiger partial charge on any atom is 1.00 e. The van der Waals surface area contributed by atoms with Gasteiger partial charge in [0.2, 0.25) is 0 Å². The number of nitrogens with one attached hydrogen (secondary N) is 1. The molecule has 1 atom stereocenters. The summed E-state index contributed by atoms with van der Waals surface area (Å²) >= 11 is 1.55. The molecule has 38 heavy (non-hydrogen) atoms. The molecule has 0 bridgehead atoms. The van der Waals surface area contributed by atoms with Gasteiger partial charge in [-0.2, -0.15) is 11.8 Å². The SMILES string of the molecule is CSCC[C@H](NC(=O)c1ccc(CN(C)C(C)(C)CC2CCCCC2)cc1-c1ccccc1C)C(=O)[O-].[Li+]. The molecule has 2 aromatic carbocycles. The summed E-state index contributed by atoms with van der Waals surface area (Å²) in [5.74, 6) is -0.210. The van der Waals surface area contributed by atoms with Crippen LogP contribution in [0, 0.1) is 12.8 Å². The monoisotopic (exact) mass is 530 g/mol. The Morgan fingerprint density at radius 2 is 1.79 bits per heavy atom. The second kappa shape index (κ2) is 15.2. The molecular weight excluding hydrogens is 487 g/mol.